The lowest BCUT2D eigenvalue weighted by atomic mass is 10.1. The van der Waals surface area contributed by atoms with E-state index in [9.17, 15) is 9.50 Å². The molecule has 2 heterocycles. The Morgan fingerprint density at radius 1 is 1.19 bits per heavy atom. The van der Waals surface area contributed by atoms with E-state index in [0.29, 0.717) is 27.8 Å². The summed E-state index contributed by atoms with van der Waals surface area (Å²) in [7, 11) is 1.41. The third kappa shape index (κ3) is 3.32. The van der Waals surface area contributed by atoms with Crippen LogP contribution in [-0.2, 0) is 6.54 Å². The Labute approximate surface area is 153 Å². The van der Waals surface area contributed by atoms with Gasteiger partial charge in [0.25, 0.3) is 0 Å². The first-order valence-electron chi connectivity index (χ1n) is 8.34. The smallest absolute Gasteiger partial charge is 0.165 e. The summed E-state index contributed by atoms with van der Waals surface area (Å²) in [4.78, 5) is 8.99. The Morgan fingerprint density at radius 3 is 2.78 bits per heavy atom. The molecule has 27 heavy (non-hydrogen) atoms. The molecule has 4 rings (SSSR count). The Morgan fingerprint density at radius 2 is 2.04 bits per heavy atom. The predicted octanol–water partition coefficient (Wildman–Crippen LogP) is 2.15. The summed E-state index contributed by atoms with van der Waals surface area (Å²) >= 11 is 0. The topological polar surface area (TPSA) is 93.3 Å². The third-order valence-electron chi connectivity index (χ3n) is 4.27. The number of hydrogen-bond donors (Lipinski definition) is 2. The minimum absolute atomic E-state index is 0.171. The average Bonchev–Trinajstić information content (AvgIpc) is 3.06. The van der Waals surface area contributed by atoms with Gasteiger partial charge in [0.05, 0.1) is 54.8 Å². The van der Waals surface area contributed by atoms with E-state index in [1.807, 2.05) is 6.07 Å². The van der Waals surface area contributed by atoms with Crippen LogP contribution >= 0.6 is 0 Å². The zero-order chi connectivity index (χ0) is 19.0. The summed E-state index contributed by atoms with van der Waals surface area (Å²) in [5.74, 6) is -0.293. The van der Waals surface area contributed by atoms with Gasteiger partial charge in [0.1, 0.15) is 0 Å². The Hall–Kier alpha value is -3.10. The van der Waals surface area contributed by atoms with Crippen LogP contribution in [0.2, 0.25) is 0 Å². The second-order valence-electron chi connectivity index (χ2n) is 6.19. The molecule has 0 amide bonds. The van der Waals surface area contributed by atoms with Gasteiger partial charge in [0.15, 0.2) is 11.6 Å². The van der Waals surface area contributed by atoms with Crippen molar-refractivity contribution >= 4 is 21.9 Å². The average molecular weight is 368 g/mol. The van der Waals surface area contributed by atoms with Gasteiger partial charge in [-0.25, -0.2) is 9.37 Å². The van der Waals surface area contributed by atoms with Crippen molar-refractivity contribution in [2.45, 2.75) is 12.6 Å². The molecular formula is C19H17FN4O3. The van der Waals surface area contributed by atoms with E-state index < -0.39 is 11.9 Å². The van der Waals surface area contributed by atoms with Gasteiger partial charge in [-0.15, -0.1) is 0 Å². The first-order valence-corrected chi connectivity index (χ1v) is 8.34. The molecule has 138 valence electrons. The molecule has 0 saturated heterocycles. The van der Waals surface area contributed by atoms with Crippen LogP contribution in [0.15, 0.2) is 42.7 Å². The maximum Gasteiger partial charge on any atom is 0.165 e. The van der Waals surface area contributed by atoms with Crippen molar-refractivity contribution in [3.05, 3.63) is 48.5 Å². The van der Waals surface area contributed by atoms with E-state index in [-0.39, 0.29) is 18.9 Å². The number of aliphatic hydroxyl groups excluding tert-OH is 2. The highest BCUT2D eigenvalue weighted by molar-refractivity contribution is 5.93. The molecule has 0 aliphatic heterocycles. The number of aromatic nitrogens is 4. The lowest BCUT2D eigenvalue weighted by Gasteiger charge is -2.06. The molecule has 7 nitrogen and oxygen atoms in total. The summed E-state index contributed by atoms with van der Waals surface area (Å²) < 4.78 is 20.5. The highest BCUT2D eigenvalue weighted by Crippen LogP contribution is 2.26. The van der Waals surface area contributed by atoms with Crippen LogP contribution in [0.25, 0.3) is 33.2 Å². The summed E-state index contributed by atoms with van der Waals surface area (Å²) in [5.41, 5.74) is 3.14. The number of ether oxygens (including phenoxy) is 1. The maximum atomic E-state index is 14.0. The Balaban J connectivity index is 1.75. The first-order chi connectivity index (χ1) is 13.1. The van der Waals surface area contributed by atoms with Gasteiger partial charge < -0.3 is 14.9 Å². The second kappa shape index (κ2) is 6.90. The van der Waals surface area contributed by atoms with Crippen molar-refractivity contribution in [2.24, 2.45) is 0 Å². The van der Waals surface area contributed by atoms with Crippen molar-refractivity contribution in [3.8, 4) is 17.0 Å². The molecule has 0 bridgehead atoms. The standard InChI is InChI=1S/C19H17FN4O3/c1-27-19-3-2-11(4-14(19)20)18-7-21-16-5-12-8-24(9-13(26)10-25)23-15(12)6-17(16)22-18/h2-8,13,25-26H,9-10H2,1H3/t13-/m1/s1. The fraction of sp³-hybridized carbons (Fsp3) is 0.211. The summed E-state index contributed by atoms with van der Waals surface area (Å²) in [6.45, 7) is -0.137. The van der Waals surface area contributed by atoms with Crippen LogP contribution in [0, 0.1) is 5.82 Å². The van der Waals surface area contributed by atoms with Crippen LogP contribution in [0.5, 0.6) is 5.75 Å². The van der Waals surface area contributed by atoms with E-state index >= 15 is 0 Å². The molecule has 0 aliphatic rings. The van der Waals surface area contributed by atoms with Gasteiger partial charge in [0, 0.05) is 17.1 Å². The van der Waals surface area contributed by atoms with Gasteiger partial charge in [-0.2, -0.15) is 5.10 Å². The van der Waals surface area contributed by atoms with Gasteiger partial charge in [-0.05, 0) is 30.3 Å². The van der Waals surface area contributed by atoms with Crippen LogP contribution in [0.4, 0.5) is 4.39 Å². The molecule has 4 aromatic rings. The Kier molecular flexibility index (Phi) is 4.43. The van der Waals surface area contributed by atoms with Crippen LogP contribution in [-0.4, -0.2) is 49.8 Å². The van der Waals surface area contributed by atoms with Crippen molar-refractivity contribution in [1.82, 2.24) is 19.7 Å². The summed E-state index contributed by atoms with van der Waals surface area (Å²) in [6, 6.07) is 8.28. The minimum Gasteiger partial charge on any atom is -0.494 e. The SMILES string of the molecule is COc1ccc(-c2cnc3cc4cn(C[C@@H](O)CO)nc4cc3n2)cc1F. The molecule has 0 aliphatic carbocycles. The number of aliphatic hydroxyl groups is 2. The molecule has 2 aromatic carbocycles. The highest BCUT2D eigenvalue weighted by Gasteiger charge is 2.11. The quantitative estimate of drug-likeness (QED) is 0.561. The van der Waals surface area contributed by atoms with E-state index in [1.54, 1.807) is 35.3 Å². The molecule has 0 radical (unpaired) electrons. The third-order valence-corrected chi connectivity index (χ3v) is 4.27. The maximum absolute atomic E-state index is 14.0. The van der Waals surface area contributed by atoms with E-state index in [4.69, 9.17) is 9.84 Å². The van der Waals surface area contributed by atoms with Crippen molar-refractivity contribution in [3.63, 3.8) is 0 Å². The lowest BCUT2D eigenvalue weighted by Crippen LogP contribution is -2.19. The molecule has 8 heteroatoms. The van der Waals surface area contributed by atoms with E-state index in [2.05, 4.69) is 15.1 Å². The van der Waals surface area contributed by atoms with Crippen molar-refractivity contribution in [2.75, 3.05) is 13.7 Å². The largest absolute Gasteiger partial charge is 0.494 e. The van der Waals surface area contributed by atoms with Crippen LogP contribution < -0.4 is 4.74 Å². The zero-order valence-corrected chi connectivity index (χ0v) is 14.5. The van der Waals surface area contributed by atoms with Crippen LogP contribution in [0.1, 0.15) is 0 Å². The Bertz CT molecular complexity index is 1130. The molecule has 2 N–H and O–H groups in total. The number of fused-ring (bicyclic) bond motifs is 2. The highest BCUT2D eigenvalue weighted by atomic mass is 19.1. The number of rotatable bonds is 5. The number of methoxy groups -OCH3 is 1. The molecule has 0 spiro atoms. The minimum atomic E-state index is -0.874. The first kappa shape index (κ1) is 17.3. The van der Waals surface area contributed by atoms with Crippen LogP contribution in [0.3, 0.4) is 0 Å². The van der Waals surface area contributed by atoms with Gasteiger partial charge in [-0.3, -0.25) is 9.67 Å². The normalized spacial score (nSPS) is 12.6. The van der Waals surface area contributed by atoms with Crippen molar-refractivity contribution in [1.29, 1.82) is 0 Å². The van der Waals surface area contributed by atoms with Crippen molar-refractivity contribution < 1.29 is 19.3 Å². The number of benzene rings is 2. The van der Waals surface area contributed by atoms with E-state index in [0.717, 1.165) is 5.39 Å². The molecular weight excluding hydrogens is 351 g/mol. The lowest BCUT2D eigenvalue weighted by molar-refractivity contribution is 0.0784. The second-order valence-corrected chi connectivity index (χ2v) is 6.19. The zero-order valence-electron chi connectivity index (χ0n) is 14.5. The van der Waals surface area contributed by atoms with E-state index in [1.165, 1.54) is 13.2 Å². The fourth-order valence-electron chi connectivity index (χ4n) is 2.91. The van der Waals surface area contributed by atoms with Gasteiger partial charge >= 0.3 is 0 Å². The summed E-state index contributed by atoms with van der Waals surface area (Å²) in [5, 5.41) is 23.8. The fourth-order valence-corrected chi connectivity index (χ4v) is 2.91. The molecule has 2 aromatic heterocycles. The molecule has 0 unspecified atom stereocenters. The number of nitrogens with zero attached hydrogens (tertiary/aromatic N) is 4. The predicted molar refractivity (Wildman–Crippen MR) is 97.9 cm³/mol. The van der Waals surface area contributed by atoms with Gasteiger partial charge in [-0.1, -0.05) is 0 Å². The number of halogens is 1. The molecule has 0 saturated carbocycles. The number of hydrogen-bond acceptors (Lipinski definition) is 6. The molecule has 0 fully saturated rings. The monoisotopic (exact) mass is 368 g/mol. The summed E-state index contributed by atoms with van der Waals surface area (Å²) in [6.07, 6.45) is 2.50. The van der Waals surface area contributed by atoms with Gasteiger partial charge in [0.2, 0.25) is 0 Å². The molecule has 1 atom stereocenters.